The first kappa shape index (κ1) is 60.1. The van der Waals surface area contributed by atoms with Crippen LogP contribution in [0, 0.1) is 0 Å². The van der Waals surface area contributed by atoms with Gasteiger partial charge in [0.2, 0.25) is 5.95 Å². The smallest absolute Gasteiger partial charge is 0.238 e. The van der Waals surface area contributed by atoms with Gasteiger partial charge in [-0.15, -0.1) is 0 Å². The van der Waals surface area contributed by atoms with Crippen molar-refractivity contribution in [3.63, 3.8) is 0 Å². The molecule has 0 atom stereocenters. The van der Waals surface area contributed by atoms with Gasteiger partial charge in [-0.2, -0.15) is 9.97 Å². The fourth-order valence-corrected chi connectivity index (χ4v) is 16.0. The van der Waals surface area contributed by atoms with Crippen LogP contribution >= 0.6 is 0 Å². The molecule has 3 heterocycles. The van der Waals surface area contributed by atoms with E-state index in [2.05, 4.69) is 355 Å². The summed E-state index contributed by atoms with van der Waals surface area (Å²) in [7, 11) is 0. The Morgan fingerprint density at radius 3 is 1.05 bits per heavy atom. The van der Waals surface area contributed by atoms with Crippen molar-refractivity contribution in [3.05, 3.63) is 382 Å². The standard InChI is InChI=1S/C99H63N5/c1-6-25-64(26-7-1)73-55-74(65-27-8-2-9-28-65)57-76(56-73)77-58-75(59-78(60-77)82-50-51-88(84-43-23-36-67-30-17-19-40-81(67)84)96-86(82)44-24-45-87(96)83-42-22-35-66-29-16-18-39-80(66)83)72-49-54-95-91(63-72)90-62-71(70-47-52-93-89(61-70)85-41-20-21-46-92(85)103(93)79-37-14-5-15-38-79)48-53-94(90)104(95)99-101-97(68-31-10-3-11-32-68)100-98(102-99)69-33-12-4-13-34-69/h1-63H. The van der Waals surface area contributed by atoms with Crippen LogP contribution in [0.5, 0.6) is 0 Å². The van der Waals surface area contributed by atoms with E-state index >= 15 is 0 Å². The Balaban J connectivity index is 0.849. The quantitative estimate of drug-likeness (QED) is 0.122. The molecule has 0 aliphatic carbocycles. The normalized spacial score (nSPS) is 11.7. The van der Waals surface area contributed by atoms with Crippen molar-refractivity contribution in [3.8, 4) is 123 Å². The molecule has 5 heteroatoms. The molecule has 0 saturated carbocycles. The van der Waals surface area contributed by atoms with Crippen molar-refractivity contribution in [1.82, 2.24) is 24.1 Å². The van der Waals surface area contributed by atoms with E-state index in [1.807, 2.05) is 36.4 Å². The van der Waals surface area contributed by atoms with Gasteiger partial charge >= 0.3 is 0 Å². The third-order valence-corrected chi connectivity index (χ3v) is 20.9. The monoisotopic (exact) mass is 1320 g/mol. The molecule has 17 aromatic carbocycles. The lowest BCUT2D eigenvalue weighted by molar-refractivity contribution is 0.953. The Kier molecular flexibility index (Phi) is 14.5. The van der Waals surface area contributed by atoms with Crippen LogP contribution in [0.25, 0.3) is 199 Å². The molecule has 3 aromatic heterocycles. The molecule has 0 radical (unpaired) electrons. The van der Waals surface area contributed by atoms with Gasteiger partial charge in [-0.25, -0.2) is 4.98 Å². The van der Waals surface area contributed by atoms with Crippen LogP contribution in [0.1, 0.15) is 0 Å². The molecule has 0 bridgehead atoms. The molecule has 0 spiro atoms. The molecule has 5 nitrogen and oxygen atoms in total. The maximum Gasteiger partial charge on any atom is 0.238 e. The Bertz CT molecular complexity index is 6550. The molecule has 104 heavy (non-hydrogen) atoms. The fraction of sp³-hybridized carbons (Fsp3) is 0. The summed E-state index contributed by atoms with van der Waals surface area (Å²) < 4.78 is 4.62. The van der Waals surface area contributed by atoms with Gasteiger partial charge in [0.05, 0.1) is 22.1 Å². The van der Waals surface area contributed by atoms with Crippen LogP contribution in [-0.4, -0.2) is 24.1 Å². The Hall–Kier alpha value is -13.9. The maximum absolute atomic E-state index is 5.42. The number of hydrogen-bond donors (Lipinski definition) is 0. The number of nitrogens with zero attached hydrogens (tertiary/aromatic N) is 5. The summed E-state index contributed by atoms with van der Waals surface area (Å²) in [5.41, 5.74) is 25.4. The van der Waals surface area contributed by atoms with E-state index in [-0.39, 0.29) is 0 Å². The molecule has 484 valence electrons. The van der Waals surface area contributed by atoms with E-state index in [9.17, 15) is 0 Å². The van der Waals surface area contributed by atoms with Crippen LogP contribution in [0.3, 0.4) is 0 Å². The molecule has 0 fully saturated rings. The average molecular weight is 1320 g/mol. The largest absolute Gasteiger partial charge is 0.309 e. The third kappa shape index (κ3) is 10.4. The summed E-state index contributed by atoms with van der Waals surface area (Å²) in [6.45, 7) is 0. The van der Waals surface area contributed by atoms with Crippen LogP contribution in [-0.2, 0) is 0 Å². The molecule has 0 N–H and O–H groups in total. The summed E-state index contributed by atoms with van der Waals surface area (Å²) in [6, 6.07) is 139. The number of para-hydroxylation sites is 2. The lowest BCUT2D eigenvalue weighted by atomic mass is 9.84. The second-order valence-corrected chi connectivity index (χ2v) is 27.0. The van der Waals surface area contributed by atoms with E-state index in [1.165, 1.54) is 70.9 Å². The molecule has 0 amide bonds. The topological polar surface area (TPSA) is 48.5 Å². The Morgan fingerprint density at radius 2 is 0.519 bits per heavy atom. The number of rotatable bonds is 12. The lowest BCUT2D eigenvalue weighted by Crippen LogP contribution is -2.06. The van der Waals surface area contributed by atoms with E-state index in [4.69, 9.17) is 15.0 Å². The van der Waals surface area contributed by atoms with Gasteiger partial charge < -0.3 is 4.57 Å². The first-order chi connectivity index (χ1) is 51.5. The van der Waals surface area contributed by atoms with Gasteiger partial charge in [0.1, 0.15) is 0 Å². The second-order valence-electron chi connectivity index (χ2n) is 27.0. The van der Waals surface area contributed by atoms with Crippen LogP contribution in [0.2, 0.25) is 0 Å². The highest BCUT2D eigenvalue weighted by Gasteiger charge is 2.24. The molecule has 20 aromatic rings. The molecule has 20 rings (SSSR count). The summed E-state index contributed by atoms with van der Waals surface area (Å²) >= 11 is 0. The van der Waals surface area contributed by atoms with Crippen molar-refractivity contribution in [2.24, 2.45) is 0 Å². The maximum atomic E-state index is 5.42. The van der Waals surface area contributed by atoms with Crippen molar-refractivity contribution in [2.45, 2.75) is 0 Å². The van der Waals surface area contributed by atoms with E-state index in [0.29, 0.717) is 17.6 Å². The highest BCUT2D eigenvalue weighted by atomic mass is 15.2. The van der Waals surface area contributed by atoms with Gasteiger partial charge in [-0.1, -0.05) is 291 Å². The highest BCUT2D eigenvalue weighted by molar-refractivity contribution is 6.18. The van der Waals surface area contributed by atoms with Crippen molar-refractivity contribution >= 4 is 75.9 Å². The van der Waals surface area contributed by atoms with E-state index < -0.39 is 0 Å². The molecule has 0 unspecified atom stereocenters. The highest BCUT2D eigenvalue weighted by Crippen LogP contribution is 2.48. The average Bonchev–Trinajstić information content (AvgIpc) is 1.37. The Labute approximate surface area is 601 Å². The third-order valence-electron chi connectivity index (χ3n) is 20.9. The van der Waals surface area contributed by atoms with Gasteiger partial charge in [-0.3, -0.25) is 4.57 Å². The minimum Gasteiger partial charge on any atom is -0.309 e. The summed E-state index contributed by atoms with van der Waals surface area (Å²) in [4.78, 5) is 16.0. The first-order valence-corrected chi connectivity index (χ1v) is 35.5. The summed E-state index contributed by atoms with van der Waals surface area (Å²) in [6.07, 6.45) is 0. The predicted octanol–water partition coefficient (Wildman–Crippen LogP) is 26.2. The zero-order chi connectivity index (χ0) is 68.6. The molecular weight excluding hydrogens is 1260 g/mol. The predicted molar refractivity (Wildman–Crippen MR) is 435 cm³/mol. The zero-order valence-electron chi connectivity index (χ0n) is 56.6. The van der Waals surface area contributed by atoms with Gasteiger partial charge in [-0.05, 0) is 212 Å². The van der Waals surface area contributed by atoms with E-state index in [0.717, 1.165) is 111 Å². The van der Waals surface area contributed by atoms with Gasteiger partial charge in [0, 0.05) is 38.4 Å². The first-order valence-electron chi connectivity index (χ1n) is 35.5. The SMILES string of the molecule is c1ccc(-c2cc(-c3ccccc3)cc(-c3cc(-c4ccc5c(c4)c4cc(-c6ccc7c(c6)c6ccccc6n7-c6ccccc6)ccc4n5-c4nc(-c5ccccc5)nc(-c5ccccc5)n4)cc(-c4ccc(-c5cccc6ccccc56)c5c(-c6cccc7ccccc67)cccc45)c3)c2)cc1. The van der Waals surface area contributed by atoms with Crippen LogP contribution in [0.15, 0.2) is 382 Å². The second kappa shape index (κ2) is 25.1. The van der Waals surface area contributed by atoms with Crippen LogP contribution in [0.4, 0.5) is 0 Å². The minimum atomic E-state index is 0.534. The Morgan fingerprint density at radius 1 is 0.173 bits per heavy atom. The van der Waals surface area contributed by atoms with Crippen molar-refractivity contribution < 1.29 is 0 Å². The zero-order valence-corrected chi connectivity index (χ0v) is 56.6. The number of aromatic nitrogens is 5. The number of hydrogen-bond acceptors (Lipinski definition) is 3. The molecule has 0 aliphatic heterocycles. The summed E-state index contributed by atoms with van der Waals surface area (Å²) in [5, 5.41) is 11.8. The van der Waals surface area contributed by atoms with Crippen molar-refractivity contribution in [2.75, 3.05) is 0 Å². The molecular formula is C99H63N5. The number of fused-ring (bicyclic) bond motifs is 9. The lowest BCUT2D eigenvalue weighted by Gasteiger charge is -2.19. The fourth-order valence-electron chi connectivity index (χ4n) is 16.0. The molecule has 0 saturated heterocycles. The van der Waals surface area contributed by atoms with Gasteiger partial charge in [0.25, 0.3) is 0 Å². The summed E-state index contributed by atoms with van der Waals surface area (Å²) in [5.74, 6) is 1.73. The van der Waals surface area contributed by atoms with Crippen molar-refractivity contribution in [1.29, 1.82) is 0 Å². The van der Waals surface area contributed by atoms with E-state index in [1.54, 1.807) is 0 Å². The minimum absolute atomic E-state index is 0.534. The molecule has 0 aliphatic rings. The number of benzene rings is 17. The van der Waals surface area contributed by atoms with Gasteiger partial charge in [0.15, 0.2) is 11.6 Å². The van der Waals surface area contributed by atoms with Crippen LogP contribution < -0.4 is 0 Å².